The molecule has 0 radical (unpaired) electrons. The number of anilines is 2. The Balaban J connectivity index is 1.33. The summed E-state index contributed by atoms with van der Waals surface area (Å²) in [7, 11) is 0. The number of rotatable bonds is 8. The Morgan fingerprint density at radius 2 is 2.05 bits per heavy atom. The Morgan fingerprint density at radius 3 is 2.73 bits per heavy atom. The van der Waals surface area contributed by atoms with Gasteiger partial charge in [-0.15, -0.1) is 0 Å². The minimum absolute atomic E-state index is 0.00711. The zero-order valence-corrected chi connectivity index (χ0v) is 22.6. The van der Waals surface area contributed by atoms with E-state index in [9.17, 15) is 10.1 Å². The first-order valence-corrected chi connectivity index (χ1v) is 13.2. The summed E-state index contributed by atoms with van der Waals surface area (Å²) < 4.78 is 26.1. The lowest BCUT2D eigenvalue weighted by molar-refractivity contribution is -0.128. The molecule has 2 saturated heterocycles. The number of nitrogens with zero attached hydrogens (tertiary/aromatic N) is 4. The van der Waals surface area contributed by atoms with E-state index in [-0.39, 0.29) is 57.2 Å². The molecule has 0 saturated carbocycles. The van der Waals surface area contributed by atoms with Crippen LogP contribution in [0.1, 0.15) is 30.9 Å². The van der Waals surface area contributed by atoms with Crippen molar-refractivity contribution in [2.24, 2.45) is 5.41 Å². The van der Waals surface area contributed by atoms with Gasteiger partial charge in [0, 0.05) is 36.2 Å². The topological polar surface area (TPSA) is 150 Å². The number of nitrogen functional groups attached to an aromatic ring is 1. The van der Waals surface area contributed by atoms with Crippen LogP contribution in [0.25, 0.3) is 0 Å². The number of likely N-dealkylation sites (tertiary alicyclic amines) is 1. The van der Waals surface area contributed by atoms with E-state index in [4.69, 9.17) is 20.6 Å². The lowest BCUT2D eigenvalue weighted by Crippen LogP contribution is -2.46. The highest BCUT2D eigenvalue weighted by Gasteiger charge is 2.34. The molecule has 1 atom stereocenters. The number of nitrogens with one attached hydrogen (secondary N) is 2. The first-order chi connectivity index (χ1) is 19.8. The molecule has 4 N–H and O–H groups in total. The molecule has 5 rings (SSSR count). The second kappa shape index (κ2) is 11.7. The smallest absolute Gasteiger partial charge is 0.264 e. The zero-order chi connectivity index (χ0) is 29.0. The maximum Gasteiger partial charge on any atom is 0.264 e. The fourth-order valence-electron chi connectivity index (χ4n) is 4.92. The van der Waals surface area contributed by atoms with Gasteiger partial charge in [0.25, 0.3) is 5.91 Å². The first-order valence-electron chi connectivity index (χ1n) is 13.2. The van der Waals surface area contributed by atoms with Crippen molar-refractivity contribution in [2.75, 3.05) is 37.4 Å². The van der Waals surface area contributed by atoms with Gasteiger partial charge in [-0.3, -0.25) is 10.2 Å². The second-order valence-electron chi connectivity index (χ2n) is 10.5. The molecule has 210 valence electrons. The van der Waals surface area contributed by atoms with E-state index in [0.717, 1.165) is 6.42 Å². The Kier molecular flexibility index (Phi) is 7.94. The fourth-order valence-corrected chi connectivity index (χ4v) is 4.92. The number of amides is 1. The number of hydrogen-bond acceptors (Lipinski definition) is 9. The summed E-state index contributed by atoms with van der Waals surface area (Å²) in [6.07, 6.45) is 4.39. The monoisotopic (exact) mass is 555 g/mol. The van der Waals surface area contributed by atoms with Gasteiger partial charge >= 0.3 is 0 Å². The Bertz CT molecular complexity index is 1530. The molecule has 0 spiro atoms. The van der Waals surface area contributed by atoms with Gasteiger partial charge in [-0.2, -0.15) is 5.26 Å². The molecule has 3 aromatic rings. The van der Waals surface area contributed by atoms with Crippen LogP contribution in [-0.2, 0) is 9.53 Å². The van der Waals surface area contributed by atoms with E-state index in [2.05, 4.69) is 15.3 Å². The summed E-state index contributed by atoms with van der Waals surface area (Å²) in [5, 5.41) is 21.7. The van der Waals surface area contributed by atoms with Crippen LogP contribution in [0.3, 0.4) is 0 Å². The van der Waals surface area contributed by atoms with Crippen LogP contribution in [0.15, 0.2) is 66.5 Å². The van der Waals surface area contributed by atoms with Crippen LogP contribution in [0.2, 0.25) is 0 Å². The molecule has 1 unspecified atom stereocenters. The van der Waals surface area contributed by atoms with Crippen molar-refractivity contribution in [3.63, 3.8) is 0 Å². The van der Waals surface area contributed by atoms with Gasteiger partial charge in [-0.1, -0.05) is 31.2 Å². The molecule has 10 nitrogen and oxygen atoms in total. The number of benzene rings is 2. The van der Waals surface area contributed by atoms with E-state index in [1.54, 1.807) is 29.2 Å². The summed E-state index contributed by atoms with van der Waals surface area (Å²) >= 11 is 0. The lowest BCUT2D eigenvalue weighted by atomic mass is 9.86. The predicted octanol–water partition coefficient (Wildman–Crippen LogP) is 4.30. The van der Waals surface area contributed by atoms with E-state index in [1.165, 1.54) is 18.5 Å². The number of ether oxygens (including phenoxy) is 2. The number of nitrogens with two attached hydrogens (primary N) is 1. The minimum Gasteiger partial charge on any atom is -0.457 e. The molecule has 2 aromatic carbocycles. The predicted molar refractivity (Wildman–Crippen MR) is 151 cm³/mol. The van der Waals surface area contributed by atoms with Crippen LogP contribution in [0.5, 0.6) is 11.5 Å². The second-order valence-corrected chi connectivity index (χ2v) is 10.5. The first kappa shape index (κ1) is 27.7. The molecule has 41 heavy (non-hydrogen) atoms. The van der Waals surface area contributed by atoms with E-state index in [0.29, 0.717) is 38.5 Å². The van der Waals surface area contributed by atoms with Crippen molar-refractivity contribution in [3.8, 4) is 17.6 Å². The average molecular weight is 556 g/mol. The average Bonchev–Trinajstić information content (AvgIpc) is 2.95. The van der Waals surface area contributed by atoms with Gasteiger partial charge in [0.05, 0.1) is 24.5 Å². The van der Waals surface area contributed by atoms with Gasteiger partial charge in [0.1, 0.15) is 46.9 Å². The number of piperidine rings is 1. The Morgan fingerprint density at radius 1 is 1.27 bits per heavy atom. The van der Waals surface area contributed by atoms with Crippen LogP contribution in [0.4, 0.5) is 16.0 Å². The number of para-hydroxylation sites is 1. The quantitative estimate of drug-likeness (QED) is 0.212. The molecule has 1 amide bonds. The van der Waals surface area contributed by atoms with E-state index < -0.39 is 5.82 Å². The molecular weight excluding hydrogens is 525 g/mol. The molecule has 0 aliphatic carbocycles. The summed E-state index contributed by atoms with van der Waals surface area (Å²) in [6.45, 7) is 3.73. The third-order valence-corrected chi connectivity index (χ3v) is 7.07. The number of carbonyl (C=O) groups excluding carboxylic acids is 1. The Hall–Kier alpha value is -4.82. The highest BCUT2D eigenvalue weighted by atomic mass is 19.1. The molecular formula is C30H30FN7O3. The number of aromatic nitrogens is 2. The van der Waals surface area contributed by atoms with Gasteiger partial charge < -0.3 is 25.4 Å². The van der Waals surface area contributed by atoms with Crippen molar-refractivity contribution in [3.05, 3.63) is 83.5 Å². The van der Waals surface area contributed by atoms with E-state index >= 15 is 4.39 Å². The number of nitriles is 1. The highest BCUT2D eigenvalue weighted by Crippen LogP contribution is 2.31. The molecule has 2 aliphatic heterocycles. The van der Waals surface area contributed by atoms with Crippen LogP contribution < -0.4 is 15.8 Å². The molecule has 0 bridgehead atoms. The minimum atomic E-state index is -0.659. The third-order valence-electron chi connectivity index (χ3n) is 7.07. The zero-order valence-electron chi connectivity index (χ0n) is 22.6. The van der Waals surface area contributed by atoms with Gasteiger partial charge in [0.2, 0.25) is 0 Å². The largest absolute Gasteiger partial charge is 0.457 e. The Labute approximate surface area is 237 Å². The van der Waals surface area contributed by atoms with Gasteiger partial charge in [0.15, 0.2) is 0 Å². The summed E-state index contributed by atoms with van der Waals surface area (Å²) in [6, 6.07) is 15.1. The molecule has 3 heterocycles. The molecule has 11 heteroatoms. The highest BCUT2D eigenvalue weighted by molar-refractivity contribution is 6.16. The summed E-state index contributed by atoms with van der Waals surface area (Å²) in [5.74, 6) is 0.144. The van der Waals surface area contributed by atoms with Gasteiger partial charge in [-0.25, -0.2) is 14.4 Å². The van der Waals surface area contributed by atoms with Crippen molar-refractivity contribution in [1.82, 2.24) is 14.9 Å². The lowest BCUT2D eigenvalue weighted by Gasteiger charge is -2.36. The van der Waals surface area contributed by atoms with Crippen molar-refractivity contribution in [1.29, 1.82) is 10.7 Å². The summed E-state index contributed by atoms with van der Waals surface area (Å²) in [4.78, 5) is 23.1. The molecule has 2 aliphatic rings. The number of halogens is 1. The van der Waals surface area contributed by atoms with Crippen LogP contribution in [-0.4, -0.2) is 58.8 Å². The summed E-state index contributed by atoms with van der Waals surface area (Å²) in [5.41, 5.74) is 5.91. The van der Waals surface area contributed by atoms with Crippen molar-refractivity contribution in [2.45, 2.75) is 25.8 Å². The van der Waals surface area contributed by atoms with Gasteiger partial charge in [-0.05, 0) is 37.1 Å². The van der Waals surface area contributed by atoms with Crippen LogP contribution in [0, 0.1) is 28.0 Å². The normalized spacial score (nSPS) is 18.1. The SMILES string of the molecule is CC1(/C=C(\C#N)C(=O)N2CCCC(Nc3ncnc(N)c3C(=N)c3ccc(Oc4ccccc4)cc3F)C2)COC1. The van der Waals surface area contributed by atoms with Crippen molar-refractivity contribution < 1.29 is 18.7 Å². The standard InChI is InChI=1S/C30H30FN7O3/c1-30(16-40-17-30)13-19(14-32)29(39)38-11-5-6-20(15-38)37-28-25(27(34)35-18-36-28)26(33)23-10-9-22(12-24(23)31)41-21-7-3-2-4-8-21/h2-4,7-10,12-13,18,20,33H,5-6,11,15-17H2,1H3,(H3,34,35,36,37)/b19-13+,33-26?. The number of hydrogen-bond donors (Lipinski definition) is 3. The molecule has 1 aromatic heterocycles. The maximum absolute atomic E-state index is 15.2. The van der Waals surface area contributed by atoms with Crippen LogP contribution >= 0.6 is 0 Å². The number of carbonyl (C=O) groups is 1. The third kappa shape index (κ3) is 6.18. The maximum atomic E-state index is 15.2. The fraction of sp³-hybridized carbons (Fsp3) is 0.300. The van der Waals surface area contributed by atoms with Crippen molar-refractivity contribution >= 4 is 23.3 Å². The molecule has 2 fully saturated rings. The van der Waals surface area contributed by atoms with E-state index in [1.807, 2.05) is 31.2 Å².